The molecule has 3 rings (SSSR count). The number of fused-ring (bicyclic) bond motifs is 1. The maximum Gasteiger partial charge on any atom is 0.276 e. The van der Waals surface area contributed by atoms with Gasteiger partial charge in [0.2, 0.25) is 0 Å². The zero-order chi connectivity index (χ0) is 13.4. The summed E-state index contributed by atoms with van der Waals surface area (Å²) >= 11 is 5.73. The van der Waals surface area contributed by atoms with E-state index < -0.39 is 0 Å². The van der Waals surface area contributed by atoms with Crippen molar-refractivity contribution in [1.29, 1.82) is 0 Å². The maximum absolute atomic E-state index is 12.4. The van der Waals surface area contributed by atoms with Crippen LogP contribution in [0.3, 0.4) is 0 Å². The lowest BCUT2D eigenvalue weighted by atomic mass is 10.2. The van der Waals surface area contributed by atoms with Gasteiger partial charge >= 0.3 is 0 Å². The Kier molecular flexibility index (Phi) is 3.33. The molecule has 5 nitrogen and oxygen atoms in total. The first-order valence-corrected chi connectivity index (χ1v) is 7.03. The average molecular weight is 282 g/mol. The third-order valence-corrected chi connectivity index (χ3v) is 3.74. The molecule has 0 radical (unpaired) electrons. The Morgan fingerprint density at radius 2 is 2.47 bits per heavy atom. The number of nitrogens with zero attached hydrogens (tertiary/aromatic N) is 2. The fourth-order valence-electron chi connectivity index (χ4n) is 2.56. The van der Waals surface area contributed by atoms with Gasteiger partial charge in [0, 0.05) is 29.8 Å². The molecule has 2 aromatic heterocycles. The van der Waals surface area contributed by atoms with Gasteiger partial charge in [-0.1, -0.05) is 0 Å². The number of alkyl halides is 1. The van der Waals surface area contributed by atoms with E-state index in [0.717, 1.165) is 30.8 Å². The molecule has 1 aliphatic rings. The molecular weight excluding hydrogens is 266 g/mol. The summed E-state index contributed by atoms with van der Waals surface area (Å²) in [5.74, 6) is 0.420. The Balaban J connectivity index is 2.12. The number of nitrogens with one attached hydrogen (secondary N) is 1. The van der Waals surface area contributed by atoms with E-state index in [1.165, 1.54) is 4.52 Å². The normalized spacial score (nSPS) is 19.4. The van der Waals surface area contributed by atoms with Crippen molar-refractivity contribution in [3.8, 4) is 0 Å². The Morgan fingerprint density at radius 1 is 1.63 bits per heavy atom. The molecule has 1 aliphatic heterocycles. The van der Waals surface area contributed by atoms with Gasteiger partial charge in [-0.05, 0) is 26.2 Å². The molecule has 1 N–H and O–H groups in total. The van der Waals surface area contributed by atoms with Gasteiger partial charge < -0.3 is 4.74 Å². The highest BCUT2D eigenvalue weighted by Crippen LogP contribution is 2.27. The van der Waals surface area contributed by atoms with Crippen LogP contribution in [-0.4, -0.2) is 27.1 Å². The van der Waals surface area contributed by atoms with E-state index in [2.05, 4.69) is 10.1 Å². The van der Waals surface area contributed by atoms with E-state index in [9.17, 15) is 4.79 Å². The average Bonchev–Trinajstić information content (AvgIpc) is 3.02. The zero-order valence-corrected chi connectivity index (χ0v) is 11.5. The van der Waals surface area contributed by atoms with Crippen LogP contribution in [0.5, 0.6) is 0 Å². The topological polar surface area (TPSA) is 59.4 Å². The minimum absolute atomic E-state index is 0.0536. The minimum Gasteiger partial charge on any atom is -0.372 e. The van der Waals surface area contributed by atoms with E-state index in [4.69, 9.17) is 16.3 Å². The molecule has 0 amide bonds. The molecule has 0 aliphatic carbocycles. The Labute approximate surface area is 115 Å². The van der Waals surface area contributed by atoms with Gasteiger partial charge in [-0.3, -0.25) is 9.89 Å². The van der Waals surface area contributed by atoms with Crippen LogP contribution < -0.4 is 5.56 Å². The number of H-pyrrole nitrogens is 1. The highest BCUT2D eigenvalue weighted by Gasteiger charge is 2.21. The second-order valence-electron chi connectivity index (χ2n) is 4.83. The van der Waals surface area contributed by atoms with Crippen molar-refractivity contribution in [3.63, 3.8) is 0 Å². The highest BCUT2D eigenvalue weighted by atomic mass is 35.5. The predicted octanol–water partition coefficient (Wildman–Crippen LogP) is 1.96. The summed E-state index contributed by atoms with van der Waals surface area (Å²) in [5.41, 5.74) is 2.93. The summed E-state index contributed by atoms with van der Waals surface area (Å²) in [6.45, 7) is 2.63. The van der Waals surface area contributed by atoms with Crippen LogP contribution in [0.2, 0.25) is 0 Å². The second kappa shape index (κ2) is 4.98. The summed E-state index contributed by atoms with van der Waals surface area (Å²) in [7, 11) is 0. The SMILES string of the molecule is Cc1nc2cc(C3CCCO3)[nH]n2c(=O)c1CCCl. The van der Waals surface area contributed by atoms with Crippen LogP contribution in [0.4, 0.5) is 0 Å². The van der Waals surface area contributed by atoms with Crippen LogP contribution in [-0.2, 0) is 11.2 Å². The van der Waals surface area contributed by atoms with E-state index in [-0.39, 0.29) is 11.7 Å². The zero-order valence-electron chi connectivity index (χ0n) is 10.8. The molecule has 1 unspecified atom stereocenters. The molecule has 1 atom stereocenters. The monoisotopic (exact) mass is 281 g/mol. The minimum atomic E-state index is -0.0626. The molecule has 102 valence electrons. The lowest BCUT2D eigenvalue weighted by molar-refractivity contribution is 0.108. The van der Waals surface area contributed by atoms with Crippen molar-refractivity contribution in [1.82, 2.24) is 14.6 Å². The van der Waals surface area contributed by atoms with Gasteiger partial charge in [0.05, 0.1) is 11.8 Å². The molecular formula is C13H16ClN3O2. The standard InChI is InChI=1S/C13H16ClN3O2/c1-8-9(4-5-14)13(18)17-12(15-8)7-10(16-17)11-3-2-6-19-11/h7,11,16H,2-6H2,1H3. The van der Waals surface area contributed by atoms with Crippen molar-refractivity contribution >= 4 is 17.2 Å². The molecule has 3 heterocycles. The van der Waals surface area contributed by atoms with Crippen LogP contribution >= 0.6 is 11.6 Å². The number of ether oxygens (including phenoxy) is 1. The summed E-state index contributed by atoms with van der Waals surface area (Å²) in [5, 5.41) is 3.11. The van der Waals surface area contributed by atoms with E-state index >= 15 is 0 Å². The maximum atomic E-state index is 12.4. The number of aryl methyl sites for hydroxylation is 1. The first kappa shape index (κ1) is 12.7. The van der Waals surface area contributed by atoms with Crippen LogP contribution in [0, 0.1) is 6.92 Å². The van der Waals surface area contributed by atoms with Crippen LogP contribution in [0.25, 0.3) is 5.65 Å². The van der Waals surface area contributed by atoms with Gasteiger partial charge in [0.15, 0.2) is 5.65 Å². The molecule has 1 fully saturated rings. The number of aromatic nitrogens is 3. The lowest BCUT2D eigenvalue weighted by Crippen LogP contribution is -2.22. The van der Waals surface area contributed by atoms with Crippen molar-refractivity contribution in [2.24, 2.45) is 0 Å². The predicted molar refractivity (Wildman–Crippen MR) is 72.9 cm³/mol. The van der Waals surface area contributed by atoms with Gasteiger partial charge in [0.1, 0.15) is 0 Å². The summed E-state index contributed by atoms with van der Waals surface area (Å²) in [6.07, 6.45) is 2.63. The molecule has 6 heteroatoms. The quantitative estimate of drug-likeness (QED) is 0.875. The number of aromatic amines is 1. The molecule has 0 aromatic carbocycles. The number of hydrogen-bond donors (Lipinski definition) is 1. The third-order valence-electron chi connectivity index (χ3n) is 3.56. The Bertz CT molecular complexity index is 656. The van der Waals surface area contributed by atoms with Crippen LogP contribution in [0.1, 0.15) is 35.9 Å². The van der Waals surface area contributed by atoms with Crippen molar-refractivity contribution < 1.29 is 4.74 Å². The van der Waals surface area contributed by atoms with E-state index in [1.807, 2.05) is 13.0 Å². The van der Waals surface area contributed by atoms with Crippen molar-refractivity contribution in [2.45, 2.75) is 32.3 Å². The molecule has 0 saturated carbocycles. The Morgan fingerprint density at radius 3 is 3.16 bits per heavy atom. The molecule has 0 spiro atoms. The highest BCUT2D eigenvalue weighted by molar-refractivity contribution is 6.17. The van der Waals surface area contributed by atoms with E-state index in [0.29, 0.717) is 23.5 Å². The smallest absolute Gasteiger partial charge is 0.276 e. The number of hydrogen-bond acceptors (Lipinski definition) is 3. The van der Waals surface area contributed by atoms with E-state index in [1.54, 1.807) is 0 Å². The van der Waals surface area contributed by atoms with Gasteiger partial charge in [-0.25, -0.2) is 9.50 Å². The molecule has 1 saturated heterocycles. The number of rotatable bonds is 3. The fraction of sp³-hybridized carbons (Fsp3) is 0.538. The van der Waals surface area contributed by atoms with Gasteiger partial charge in [0.25, 0.3) is 5.56 Å². The molecule has 0 bridgehead atoms. The second-order valence-corrected chi connectivity index (χ2v) is 5.20. The van der Waals surface area contributed by atoms with Gasteiger partial charge in [-0.2, -0.15) is 0 Å². The largest absolute Gasteiger partial charge is 0.372 e. The third kappa shape index (κ3) is 2.17. The first-order chi connectivity index (χ1) is 9.20. The summed E-state index contributed by atoms with van der Waals surface area (Å²) in [6, 6.07) is 1.90. The van der Waals surface area contributed by atoms with Crippen LogP contribution in [0.15, 0.2) is 10.9 Å². The van der Waals surface area contributed by atoms with Crippen molar-refractivity contribution in [2.75, 3.05) is 12.5 Å². The number of halogens is 1. The summed E-state index contributed by atoms with van der Waals surface area (Å²) < 4.78 is 7.11. The van der Waals surface area contributed by atoms with Gasteiger partial charge in [-0.15, -0.1) is 11.6 Å². The summed E-state index contributed by atoms with van der Waals surface area (Å²) in [4.78, 5) is 16.8. The molecule has 2 aromatic rings. The van der Waals surface area contributed by atoms with Crippen molar-refractivity contribution in [3.05, 3.63) is 33.4 Å². The Hall–Kier alpha value is -1.33. The first-order valence-electron chi connectivity index (χ1n) is 6.49. The lowest BCUT2D eigenvalue weighted by Gasteiger charge is -2.05. The fourth-order valence-corrected chi connectivity index (χ4v) is 2.75. The molecule has 19 heavy (non-hydrogen) atoms.